The third-order valence-electron chi connectivity index (χ3n) is 1.86. The lowest BCUT2D eigenvalue weighted by Gasteiger charge is -2.03. The van der Waals surface area contributed by atoms with Crippen LogP contribution in [0.3, 0.4) is 0 Å². The Morgan fingerprint density at radius 3 is 2.75 bits per heavy atom. The number of hydrogen-bond acceptors (Lipinski definition) is 3. The topological polar surface area (TPSA) is 26.3 Å². The van der Waals surface area contributed by atoms with Crippen molar-refractivity contribution in [3.8, 4) is 0 Å². The second kappa shape index (κ2) is 8.48. The minimum atomic E-state index is -0.145. The first-order valence-electron chi connectivity index (χ1n) is 5.22. The van der Waals surface area contributed by atoms with Crippen molar-refractivity contribution in [1.82, 2.24) is 0 Å². The van der Waals surface area contributed by atoms with Crippen LogP contribution in [-0.4, -0.2) is 24.2 Å². The zero-order valence-corrected chi connectivity index (χ0v) is 10.6. The van der Waals surface area contributed by atoms with E-state index in [-0.39, 0.29) is 5.97 Å². The normalized spacial score (nSPS) is 10.1. The molecule has 1 aromatic carbocycles. The van der Waals surface area contributed by atoms with Gasteiger partial charge in [0.15, 0.2) is 0 Å². The molecule has 0 spiro atoms. The van der Waals surface area contributed by atoms with Gasteiger partial charge in [-0.2, -0.15) is 0 Å². The molecule has 0 aliphatic heterocycles. The van der Waals surface area contributed by atoms with Crippen molar-refractivity contribution in [2.24, 2.45) is 0 Å². The smallest absolute Gasteiger partial charge is 0.306 e. The summed E-state index contributed by atoms with van der Waals surface area (Å²) in [4.78, 5) is 12.4. The molecule has 0 unspecified atom stereocenters. The van der Waals surface area contributed by atoms with Crippen molar-refractivity contribution in [1.29, 1.82) is 0 Å². The van der Waals surface area contributed by atoms with E-state index < -0.39 is 0 Å². The van der Waals surface area contributed by atoms with Crippen LogP contribution < -0.4 is 0 Å². The minimum Gasteiger partial charge on any atom is -0.466 e. The molecule has 0 fully saturated rings. The Bertz CT molecular complexity index is 303. The monoisotopic (exact) mass is 258 g/mol. The van der Waals surface area contributed by atoms with E-state index in [1.165, 1.54) is 4.90 Å². The molecule has 0 aromatic heterocycles. The number of hydrogen-bond donors (Lipinski definition) is 0. The van der Waals surface area contributed by atoms with Gasteiger partial charge in [-0.15, -0.1) is 23.4 Å². The number of alkyl halides is 1. The fourth-order valence-corrected chi connectivity index (χ4v) is 2.04. The van der Waals surface area contributed by atoms with Crippen molar-refractivity contribution in [2.45, 2.75) is 17.7 Å². The summed E-state index contributed by atoms with van der Waals surface area (Å²) < 4.78 is 4.98. The lowest BCUT2D eigenvalue weighted by atomic mass is 10.4. The molecule has 0 saturated carbocycles. The highest BCUT2D eigenvalue weighted by Gasteiger charge is 2.02. The van der Waals surface area contributed by atoms with Crippen molar-refractivity contribution in [2.75, 3.05) is 18.2 Å². The van der Waals surface area contributed by atoms with Gasteiger partial charge in [0, 0.05) is 16.5 Å². The first kappa shape index (κ1) is 13.4. The van der Waals surface area contributed by atoms with Crippen LogP contribution >= 0.6 is 23.4 Å². The van der Waals surface area contributed by atoms with Gasteiger partial charge < -0.3 is 4.74 Å². The Kier molecular flexibility index (Phi) is 7.10. The quantitative estimate of drug-likeness (QED) is 0.325. The summed E-state index contributed by atoms with van der Waals surface area (Å²) in [7, 11) is 0. The van der Waals surface area contributed by atoms with Gasteiger partial charge in [-0.05, 0) is 18.6 Å². The minimum absolute atomic E-state index is 0.145. The summed E-state index contributed by atoms with van der Waals surface area (Å²) >= 11 is 7.14. The van der Waals surface area contributed by atoms with Crippen LogP contribution in [0.5, 0.6) is 0 Å². The van der Waals surface area contributed by atoms with Crippen LogP contribution in [0.4, 0.5) is 0 Å². The number of benzene rings is 1. The van der Waals surface area contributed by atoms with Gasteiger partial charge in [-0.1, -0.05) is 18.2 Å². The number of carbonyl (C=O) groups is 1. The van der Waals surface area contributed by atoms with Crippen LogP contribution in [0, 0.1) is 0 Å². The Balaban J connectivity index is 2.09. The highest BCUT2D eigenvalue weighted by atomic mass is 35.5. The molecule has 1 aromatic rings. The predicted octanol–water partition coefficient (Wildman–Crippen LogP) is 3.34. The highest BCUT2D eigenvalue weighted by Crippen LogP contribution is 2.17. The summed E-state index contributed by atoms with van der Waals surface area (Å²) in [5.41, 5.74) is 0. The molecule has 0 aliphatic carbocycles. The average molecular weight is 259 g/mol. The van der Waals surface area contributed by atoms with Gasteiger partial charge in [0.25, 0.3) is 0 Å². The van der Waals surface area contributed by atoms with E-state index in [2.05, 4.69) is 0 Å². The molecular formula is C12H15ClO2S. The molecule has 4 heteroatoms. The molecule has 88 valence electrons. The lowest BCUT2D eigenvalue weighted by Crippen LogP contribution is -2.06. The molecule has 2 nitrogen and oxygen atoms in total. The van der Waals surface area contributed by atoms with Gasteiger partial charge in [0.1, 0.15) is 0 Å². The first-order valence-corrected chi connectivity index (χ1v) is 6.74. The summed E-state index contributed by atoms with van der Waals surface area (Å²) in [6, 6.07) is 10.0. The zero-order valence-electron chi connectivity index (χ0n) is 9.02. The number of thioether (sulfide) groups is 1. The SMILES string of the molecule is O=C(CCSc1ccccc1)OCCCCl. The predicted molar refractivity (Wildman–Crippen MR) is 68.1 cm³/mol. The Labute approximate surface area is 105 Å². The molecule has 0 bridgehead atoms. The largest absolute Gasteiger partial charge is 0.466 e. The van der Waals surface area contributed by atoms with E-state index in [9.17, 15) is 4.79 Å². The third-order valence-corrected chi connectivity index (χ3v) is 3.14. The van der Waals surface area contributed by atoms with Gasteiger partial charge in [0.2, 0.25) is 0 Å². The van der Waals surface area contributed by atoms with Crippen LogP contribution in [0.1, 0.15) is 12.8 Å². The number of rotatable bonds is 7. The zero-order chi connectivity index (χ0) is 11.6. The van der Waals surface area contributed by atoms with Gasteiger partial charge in [0.05, 0.1) is 13.0 Å². The maximum Gasteiger partial charge on any atom is 0.306 e. The summed E-state index contributed by atoms with van der Waals surface area (Å²) in [5, 5.41) is 0. The van der Waals surface area contributed by atoms with Crippen molar-refractivity contribution in [3.63, 3.8) is 0 Å². The van der Waals surface area contributed by atoms with E-state index in [0.717, 1.165) is 12.2 Å². The maximum atomic E-state index is 11.2. The first-order chi connectivity index (χ1) is 7.83. The van der Waals surface area contributed by atoms with Crippen molar-refractivity contribution < 1.29 is 9.53 Å². The molecule has 0 aliphatic rings. The van der Waals surface area contributed by atoms with E-state index in [1.807, 2.05) is 30.3 Å². The van der Waals surface area contributed by atoms with Gasteiger partial charge >= 0.3 is 5.97 Å². The number of esters is 1. The average Bonchev–Trinajstić information content (AvgIpc) is 2.31. The Morgan fingerprint density at radius 1 is 1.31 bits per heavy atom. The fraction of sp³-hybridized carbons (Fsp3) is 0.417. The maximum absolute atomic E-state index is 11.2. The Hall–Kier alpha value is -0.670. The van der Waals surface area contributed by atoms with E-state index >= 15 is 0 Å². The van der Waals surface area contributed by atoms with E-state index in [4.69, 9.17) is 16.3 Å². The molecule has 0 saturated heterocycles. The number of halogens is 1. The molecule has 16 heavy (non-hydrogen) atoms. The second-order valence-corrected chi connectivity index (χ2v) is 4.72. The standard InChI is InChI=1S/C12H15ClO2S/c13-8-4-9-15-12(14)7-10-16-11-5-2-1-3-6-11/h1-3,5-6H,4,7-10H2. The van der Waals surface area contributed by atoms with E-state index in [1.54, 1.807) is 11.8 Å². The summed E-state index contributed by atoms with van der Waals surface area (Å²) in [6.07, 6.45) is 1.17. The molecule has 0 amide bonds. The van der Waals surface area contributed by atoms with Gasteiger partial charge in [-0.25, -0.2) is 0 Å². The molecule has 0 radical (unpaired) electrons. The Morgan fingerprint density at radius 2 is 2.06 bits per heavy atom. The summed E-state index contributed by atoms with van der Waals surface area (Å²) in [6.45, 7) is 0.429. The van der Waals surface area contributed by atoms with Crippen LogP contribution in [0.2, 0.25) is 0 Å². The molecular weight excluding hydrogens is 244 g/mol. The molecule has 1 rings (SSSR count). The van der Waals surface area contributed by atoms with Crippen molar-refractivity contribution in [3.05, 3.63) is 30.3 Å². The van der Waals surface area contributed by atoms with Crippen LogP contribution in [0.25, 0.3) is 0 Å². The van der Waals surface area contributed by atoms with Gasteiger partial charge in [-0.3, -0.25) is 4.79 Å². The number of ether oxygens (including phenoxy) is 1. The lowest BCUT2D eigenvalue weighted by molar-refractivity contribution is -0.143. The van der Waals surface area contributed by atoms with Crippen LogP contribution in [0.15, 0.2) is 35.2 Å². The van der Waals surface area contributed by atoms with E-state index in [0.29, 0.717) is 18.9 Å². The molecule has 0 heterocycles. The van der Waals surface area contributed by atoms with Crippen molar-refractivity contribution >= 4 is 29.3 Å². The molecule has 0 N–H and O–H groups in total. The number of carbonyl (C=O) groups excluding carboxylic acids is 1. The molecule has 0 atom stereocenters. The second-order valence-electron chi connectivity index (χ2n) is 3.17. The third kappa shape index (κ3) is 6.03. The highest BCUT2D eigenvalue weighted by molar-refractivity contribution is 7.99. The van der Waals surface area contributed by atoms with Crippen LogP contribution in [-0.2, 0) is 9.53 Å². The summed E-state index contributed by atoms with van der Waals surface area (Å²) in [5.74, 6) is 1.14. The fourth-order valence-electron chi connectivity index (χ4n) is 1.08.